The van der Waals surface area contributed by atoms with E-state index in [2.05, 4.69) is 10.1 Å². The number of fused-ring (bicyclic) bond motifs is 1. The number of hydrogen-bond acceptors (Lipinski definition) is 5. The van der Waals surface area contributed by atoms with E-state index in [4.69, 9.17) is 9.47 Å². The van der Waals surface area contributed by atoms with Gasteiger partial charge in [0.05, 0.1) is 7.11 Å². The first-order valence-electron chi connectivity index (χ1n) is 5.87. The molecule has 1 aromatic carbocycles. The lowest BCUT2D eigenvalue weighted by Crippen LogP contribution is -2.33. The zero-order chi connectivity index (χ0) is 13.8. The van der Waals surface area contributed by atoms with Gasteiger partial charge in [-0.2, -0.15) is 0 Å². The Bertz CT molecular complexity index is 512. The Morgan fingerprint density at radius 3 is 2.68 bits per heavy atom. The van der Waals surface area contributed by atoms with Crippen LogP contribution < -0.4 is 14.8 Å². The fourth-order valence-corrected chi connectivity index (χ4v) is 1.83. The molecule has 0 atom stereocenters. The molecule has 2 rings (SSSR count). The molecule has 0 bridgehead atoms. The minimum atomic E-state index is -0.887. The van der Waals surface area contributed by atoms with Gasteiger partial charge >= 0.3 is 11.9 Å². The molecule has 1 aromatic rings. The van der Waals surface area contributed by atoms with Crippen molar-refractivity contribution in [2.45, 2.75) is 13.3 Å². The maximum Gasteiger partial charge on any atom is 0.396 e. The zero-order valence-corrected chi connectivity index (χ0v) is 10.8. The van der Waals surface area contributed by atoms with Crippen LogP contribution in [0.3, 0.4) is 0 Å². The van der Waals surface area contributed by atoms with Crippen molar-refractivity contribution >= 4 is 11.9 Å². The summed E-state index contributed by atoms with van der Waals surface area (Å²) in [6.45, 7) is 2.55. The van der Waals surface area contributed by atoms with Crippen LogP contribution in [0.5, 0.6) is 11.5 Å². The number of nitrogens with one attached hydrogen (secondary N) is 1. The second-order valence-corrected chi connectivity index (χ2v) is 4.13. The average molecular weight is 265 g/mol. The highest BCUT2D eigenvalue weighted by Gasteiger charge is 2.16. The van der Waals surface area contributed by atoms with Crippen LogP contribution in [0.2, 0.25) is 0 Å². The Kier molecular flexibility index (Phi) is 3.89. The summed E-state index contributed by atoms with van der Waals surface area (Å²) >= 11 is 0. The minimum absolute atomic E-state index is 0.233. The van der Waals surface area contributed by atoms with Gasteiger partial charge in [0.25, 0.3) is 0 Å². The van der Waals surface area contributed by atoms with Gasteiger partial charge in [-0.15, -0.1) is 0 Å². The van der Waals surface area contributed by atoms with E-state index in [0.717, 1.165) is 16.9 Å². The Labute approximate surface area is 110 Å². The molecule has 6 heteroatoms. The molecular formula is C13H15NO5. The molecule has 0 spiro atoms. The first-order chi connectivity index (χ1) is 9.11. The van der Waals surface area contributed by atoms with Gasteiger partial charge in [-0.3, -0.25) is 4.79 Å². The molecule has 0 aliphatic carbocycles. The molecule has 1 N–H and O–H groups in total. The van der Waals surface area contributed by atoms with Crippen molar-refractivity contribution in [3.8, 4) is 11.5 Å². The third-order valence-corrected chi connectivity index (χ3v) is 2.88. The number of rotatable bonds is 3. The smallest absolute Gasteiger partial charge is 0.396 e. The summed E-state index contributed by atoms with van der Waals surface area (Å²) in [5.74, 6) is -0.178. The Morgan fingerprint density at radius 1 is 1.32 bits per heavy atom. The number of methoxy groups -OCH3 is 1. The summed E-state index contributed by atoms with van der Waals surface area (Å²) in [5, 5.41) is 2.49. The van der Waals surface area contributed by atoms with E-state index in [9.17, 15) is 9.59 Å². The summed E-state index contributed by atoms with van der Waals surface area (Å²) in [5.41, 5.74) is 2.09. The molecular weight excluding hydrogens is 250 g/mol. The molecule has 0 radical (unpaired) electrons. The third kappa shape index (κ3) is 2.96. The fourth-order valence-electron chi connectivity index (χ4n) is 1.83. The van der Waals surface area contributed by atoms with E-state index in [1.165, 1.54) is 7.11 Å². The molecule has 0 saturated carbocycles. The number of esters is 1. The summed E-state index contributed by atoms with van der Waals surface area (Å²) in [4.78, 5) is 22.1. The highest BCUT2D eigenvalue weighted by Crippen LogP contribution is 2.34. The summed E-state index contributed by atoms with van der Waals surface area (Å²) in [6, 6.07) is 3.79. The average Bonchev–Trinajstić information content (AvgIpc) is 2.84. The molecule has 19 heavy (non-hydrogen) atoms. The van der Waals surface area contributed by atoms with Crippen LogP contribution >= 0.6 is 0 Å². The van der Waals surface area contributed by atoms with Crippen LogP contribution in [-0.2, 0) is 20.7 Å². The first-order valence-corrected chi connectivity index (χ1v) is 5.87. The Balaban J connectivity index is 1.93. The van der Waals surface area contributed by atoms with Crippen LogP contribution in [0.1, 0.15) is 11.1 Å². The lowest BCUT2D eigenvalue weighted by molar-refractivity contribution is -0.152. The number of carbonyl (C=O) groups is 2. The molecule has 1 amide bonds. The normalized spacial score (nSPS) is 12.1. The van der Waals surface area contributed by atoms with Gasteiger partial charge in [0.15, 0.2) is 11.5 Å². The summed E-state index contributed by atoms with van der Waals surface area (Å²) in [6.07, 6.45) is 0.602. The molecule has 0 saturated heterocycles. The van der Waals surface area contributed by atoms with E-state index in [1.54, 1.807) is 0 Å². The highest BCUT2D eigenvalue weighted by atomic mass is 16.7. The second-order valence-electron chi connectivity index (χ2n) is 4.13. The van der Waals surface area contributed by atoms with Crippen LogP contribution in [0.15, 0.2) is 12.1 Å². The Hall–Kier alpha value is -2.24. The molecule has 1 heterocycles. The number of ether oxygens (including phenoxy) is 3. The molecule has 1 aliphatic rings. The van der Waals surface area contributed by atoms with E-state index in [0.29, 0.717) is 18.7 Å². The zero-order valence-electron chi connectivity index (χ0n) is 10.8. The maximum absolute atomic E-state index is 11.2. The van der Waals surface area contributed by atoms with Crippen LogP contribution in [0.25, 0.3) is 0 Å². The van der Waals surface area contributed by atoms with E-state index >= 15 is 0 Å². The van der Waals surface area contributed by atoms with Gasteiger partial charge in [0.1, 0.15) is 0 Å². The largest absolute Gasteiger partial charge is 0.462 e. The van der Waals surface area contributed by atoms with Crippen molar-refractivity contribution < 1.29 is 23.8 Å². The van der Waals surface area contributed by atoms with Crippen molar-refractivity contribution in [1.82, 2.24) is 5.32 Å². The third-order valence-electron chi connectivity index (χ3n) is 2.88. The fraction of sp³-hybridized carbons (Fsp3) is 0.385. The second kappa shape index (κ2) is 5.60. The van der Waals surface area contributed by atoms with Crippen molar-refractivity contribution in [2.24, 2.45) is 0 Å². The molecule has 1 aliphatic heterocycles. The summed E-state index contributed by atoms with van der Waals surface area (Å²) < 4.78 is 14.9. The number of aryl methyl sites for hydroxylation is 1. The van der Waals surface area contributed by atoms with Crippen molar-refractivity contribution in [3.63, 3.8) is 0 Å². The standard InChI is InChI=1S/C13H15NO5/c1-8-5-10-11(19-7-18-10)6-9(8)3-4-14-12(15)13(16)17-2/h5-6H,3-4,7H2,1-2H3,(H,14,15). The maximum atomic E-state index is 11.2. The van der Waals surface area contributed by atoms with Crippen molar-refractivity contribution in [2.75, 3.05) is 20.4 Å². The van der Waals surface area contributed by atoms with Gasteiger partial charge in [0, 0.05) is 6.54 Å². The molecule has 6 nitrogen and oxygen atoms in total. The molecule has 0 unspecified atom stereocenters. The monoisotopic (exact) mass is 265 g/mol. The van der Waals surface area contributed by atoms with E-state index in [1.807, 2.05) is 19.1 Å². The van der Waals surface area contributed by atoms with Gasteiger partial charge in [-0.25, -0.2) is 4.79 Å². The van der Waals surface area contributed by atoms with Crippen LogP contribution in [0, 0.1) is 6.92 Å². The SMILES string of the molecule is COC(=O)C(=O)NCCc1cc2c(cc1C)OCO2. The minimum Gasteiger partial charge on any atom is -0.462 e. The molecule has 102 valence electrons. The lowest BCUT2D eigenvalue weighted by atomic mass is 10.0. The van der Waals surface area contributed by atoms with Gasteiger partial charge in [0.2, 0.25) is 6.79 Å². The molecule has 0 aromatic heterocycles. The van der Waals surface area contributed by atoms with E-state index < -0.39 is 11.9 Å². The predicted molar refractivity (Wildman–Crippen MR) is 66.0 cm³/mol. The molecule has 0 fully saturated rings. The van der Waals surface area contributed by atoms with Gasteiger partial charge in [-0.05, 0) is 36.6 Å². The number of benzene rings is 1. The number of hydrogen-bond donors (Lipinski definition) is 1. The number of carbonyl (C=O) groups excluding carboxylic acids is 2. The summed E-state index contributed by atoms with van der Waals surface area (Å²) in [7, 11) is 1.17. The van der Waals surface area contributed by atoms with Crippen LogP contribution in [0.4, 0.5) is 0 Å². The number of amides is 1. The predicted octanol–water partition coefficient (Wildman–Crippen LogP) is 0.555. The quantitative estimate of drug-likeness (QED) is 0.638. The van der Waals surface area contributed by atoms with Crippen LogP contribution in [-0.4, -0.2) is 32.3 Å². The topological polar surface area (TPSA) is 73.9 Å². The lowest BCUT2D eigenvalue weighted by Gasteiger charge is -2.08. The van der Waals surface area contributed by atoms with Crippen molar-refractivity contribution in [3.05, 3.63) is 23.3 Å². The van der Waals surface area contributed by atoms with Gasteiger partial charge in [-0.1, -0.05) is 0 Å². The van der Waals surface area contributed by atoms with Crippen molar-refractivity contribution in [1.29, 1.82) is 0 Å². The Morgan fingerprint density at radius 2 is 2.00 bits per heavy atom. The van der Waals surface area contributed by atoms with E-state index in [-0.39, 0.29) is 6.79 Å². The highest BCUT2D eigenvalue weighted by molar-refractivity contribution is 6.32. The first kappa shape index (κ1) is 13.2. The van der Waals surface area contributed by atoms with Gasteiger partial charge < -0.3 is 19.5 Å².